The minimum atomic E-state index is 0.397. The molecule has 1 aliphatic carbocycles. The van der Waals surface area contributed by atoms with E-state index in [4.69, 9.17) is 4.99 Å². The van der Waals surface area contributed by atoms with Crippen molar-refractivity contribution in [2.24, 2.45) is 16.8 Å². The highest BCUT2D eigenvalue weighted by Crippen LogP contribution is 2.43. The molecule has 2 unspecified atom stereocenters. The third-order valence-corrected chi connectivity index (χ3v) is 7.61. The summed E-state index contributed by atoms with van der Waals surface area (Å²) in [6, 6.07) is 23.3. The third kappa shape index (κ3) is 4.05. The Balaban J connectivity index is 1.50. The lowest BCUT2D eigenvalue weighted by Gasteiger charge is -2.52. The Morgan fingerprint density at radius 3 is 1.93 bits per heavy atom. The second-order valence-corrected chi connectivity index (χ2v) is 9.35. The van der Waals surface area contributed by atoms with Crippen LogP contribution in [-0.2, 0) is 0 Å². The van der Waals surface area contributed by atoms with Crippen molar-refractivity contribution in [1.82, 2.24) is 4.90 Å². The first-order valence-electron chi connectivity index (χ1n) is 11.8. The molecule has 152 valence electrons. The predicted molar refractivity (Wildman–Crippen MR) is 122 cm³/mol. The summed E-state index contributed by atoms with van der Waals surface area (Å²) in [7, 11) is 0. The fourth-order valence-electron chi connectivity index (χ4n) is 6.08. The molecule has 2 bridgehead atoms. The molecule has 3 saturated heterocycles. The quantitative estimate of drug-likeness (QED) is 0.581. The molecule has 2 nitrogen and oxygen atoms in total. The molecular weight excluding hydrogens is 352 g/mol. The molecule has 3 heterocycles. The largest absolute Gasteiger partial charge is 0.297 e. The zero-order valence-electron chi connectivity index (χ0n) is 17.5. The molecule has 0 amide bonds. The number of aliphatic imine (C=N–C) groups is 1. The summed E-state index contributed by atoms with van der Waals surface area (Å²) in [6.07, 6.45) is 11.9. The average molecular weight is 387 g/mol. The van der Waals surface area contributed by atoms with Gasteiger partial charge in [0.1, 0.15) is 0 Å². The number of fused-ring (bicyclic) bond motifs is 3. The van der Waals surface area contributed by atoms with Gasteiger partial charge in [-0.15, -0.1) is 0 Å². The number of nitrogens with zero attached hydrogens (tertiary/aromatic N) is 2. The van der Waals surface area contributed by atoms with Crippen molar-refractivity contribution in [2.75, 3.05) is 13.1 Å². The zero-order chi connectivity index (χ0) is 19.5. The fourth-order valence-corrected chi connectivity index (χ4v) is 6.08. The van der Waals surface area contributed by atoms with Gasteiger partial charge in [-0.3, -0.25) is 9.89 Å². The zero-order valence-corrected chi connectivity index (χ0v) is 17.5. The molecule has 1 saturated carbocycles. The van der Waals surface area contributed by atoms with E-state index in [2.05, 4.69) is 71.8 Å². The van der Waals surface area contributed by atoms with Crippen molar-refractivity contribution in [1.29, 1.82) is 0 Å². The van der Waals surface area contributed by atoms with Crippen LogP contribution in [0, 0.1) is 11.8 Å². The molecule has 2 aromatic rings. The first-order valence-corrected chi connectivity index (χ1v) is 11.8. The lowest BCUT2D eigenvalue weighted by atomic mass is 9.70. The summed E-state index contributed by atoms with van der Waals surface area (Å²) < 4.78 is 0. The van der Waals surface area contributed by atoms with Crippen molar-refractivity contribution in [3.63, 3.8) is 0 Å². The van der Waals surface area contributed by atoms with E-state index >= 15 is 0 Å². The number of piperidine rings is 3. The summed E-state index contributed by atoms with van der Waals surface area (Å²) in [5.41, 5.74) is 2.88. The highest BCUT2D eigenvalue weighted by molar-refractivity contribution is 5.61. The van der Waals surface area contributed by atoms with E-state index in [0.29, 0.717) is 23.9 Å². The molecule has 2 aromatic carbocycles. The molecule has 3 aliphatic heterocycles. The Morgan fingerprint density at radius 2 is 1.34 bits per heavy atom. The molecule has 0 N–H and O–H groups in total. The van der Waals surface area contributed by atoms with Gasteiger partial charge < -0.3 is 0 Å². The van der Waals surface area contributed by atoms with Gasteiger partial charge in [-0.25, -0.2) is 0 Å². The summed E-state index contributed by atoms with van der Waals surface area (Å²) >= 11 is 0. The lowest BCUT2D eigenvalue weighted by Crippen LogP contribution is -2.59. The van der Waals surface area contributed by atoms with Crippen LogP contribution in [0.3, 0.4) is 0 Å². The van der Waals surface area contributed by atoms with Crippen LogP contribution in [-0.4, -0.2) is 36.3 Å². The van der Waals surface area contributed by atoms with Crippen molar-refractivity contribution in [3.05, 3.63) is 71.8 Å². The van der Waals surface area contributed by atoms with Crippen molar-refractivity contribution in [2.45, 2.75) is 62.9 Å². The molecule has 0 aromatic heterocycles. The second kappa shape index (κ2) is 8.83. The van der Waals surface area contributed by atoms with Gasteiger partial charge in [-0.2, -0.15) is 0 Å². The van der Waals surface area contributed by atoms with Crippen LogP contribution < -0.4 is 0 Å². The smallest absolute Gasteiger partial charge is 0.0689 e. The van der Waals surface area contributed by atoms with Gasteiger partial charge in [0.05, 0.1) is 6.04 Å². The highest BCUT2D eigenvalue weighted by atomic mass is 15.2. The molecule has 6 rings (SSSR count). The van der Waals surface area contributed by atoms with E-state index in [9.17, 15) is 0 Å². The van der Waals surface area contributed by atoms with Crippen LogP contribution >= 0.6 is 0 Å². The molecule has 29 heavy (non-hydrogen) atoms. The topological polar surface area (TPSA) is 15.6 Å². The molecule has 4 aliphatic rings. The molecule has 2 atom stereocenters. The van der Waals surface area contributed by atoms with Crippen molar-refractivity contribution >= 4 is 6.21 Å². The van der Waals surface area contributed by atoms with E-state index < -0.39 is 0 Å². The molecule has 4 fully saturated rings. The maximum absolute atomic E-state index is 5.38. The number of hydrogen-bond acceptors (Lipinski definition) is 2. The Hall–Kier alpha value is -1.93. The first-order chi connectivity index (χ1) is 14.4. The Labute approximate surface area is 176 Å². The summed E-state index contributed by atoms with van der Waals surface area (Å²) in [5.74, 6) is 1.86. The normalized spacial score (nSPS) is 30.2. The predicted octanol–water partition coefficient (Wildman–Crippen LogP) is 5.93. The summed E-state index contributed by atoms with van der Waals surface area (Å²) in [5, 5.41) is 0. The molecular formula is C27H34N2. The Kier molecular flexibility index (Phi) is 5.80. The van der Waals surface area contributed by atoms with E-state index in [1.807, 2.05) is 0 Å². The van der Waals surface area contributed by atoms with Crippen LogP contribution in [0.15, 0.2) is 65.7 Å². The Bertz CT molecular complexity index is 746. The van der Waals surface area contributed by atoms with Crippen LogP contribution in [0.25, 0.3) is 0 Å². The first kappa shape index (κ1) is 19.1. The van der Waals surface area contributed by atoms with E-state index in [0.717, 1.165) is 5.92 Å². The SMILES string of the molecule is C(=N/C1C2CCN(CC2)C1C(c1ccccc1)c1ccccc1)/C1CCCCC1. The molecule has 0 radical (unpaired) electrons. The average Bonchev–Trinajstić information content (AvgIpc) is 2.81. The van der Waals surface area contributed by atoms with E-state index in [-0.39, 0.29) is 0 Å². The van der Waals surface area contributed by atoms with Crippen LogP contribution in [0.2, 0.25) is 0 Å². The molecule has 2 heteroatoms. The summed E-state index contributed by atoms with van der Waals surface area (Å²) in [6.45, 7) is 2.47. The van der Waals surface area contributed by atoms with Gasteiger partial charge >= 0.3 is 0 Å². The lowest BCUT2D eigenvalue weighted by molar-refractivity contribution is 0.0213. The summed E-state index contributed by atoms with van der Waals surface area (Å²) in [4.78, 5) is 8.13. The van der Waals surface area contributed by atoms with E-state index in [1.165, 1.54) is 69.2 Å². The minimum Gasteiger partial charge on any atom is -0.297 e. The van der Waals surface area contributed by atoms with Gasteiger partial charge in [0.2, 0.25) is 0 Å². The van der Waals surface area contributed by atoms with Gasteiger partial charge in [0, 0.05) is 18.2 Å². The van der Waals surface area contributed by atoms with Gasteiger partial charge in [-0.05, 0) is 61.7 Å². The minimum absolute atomic E-state index is 0.397. The maximum Gasteiger partial charge on any atom is 0.0689 e. The van der Waals surface area contributed by atoms with Gasteiger partial charge in [0.15, 0.2) is 0 Å². The van der Waals surface area contributed by atoms with E-state index in [1.54, 1.807) is 0 Å². The number of hydrogen-bond donors (Lipinski definition) is 0. The van der Waals surface area contributed by atoms with Crippen molar-refractivity contribution < 1.29 is 0 Å². The van der Waals surface area contributed by atoms with Gasteiger partial charge in [-0.1, -0.05) is 79.9 Å². The van der Waals surface area contributed by atoms with Crippen molar-refractivity contribution in [3.8, 4) is 0 Å². The maximum atomic E-state index is 5.38. The standard InChI is InChI=1S/C27H34N2/c1-4-10-21(11-5-1)20-28-26-24-16-18-29(19-17-24)27(26)25(22-12-6-2-7-13-22)23-14-8-3-9-15-23/h2-3,6-9,12-15,20-21,24-27H,1,4-5,10-11,16-19H2/b28-20-. The van der Waals surface area contributed by atoms with Crippen LogP contribution in [0.1, 0.15) is 62.0 Å². The Morgan fingerprint density at radius 1 is 0.759 bits per heavy atom. The number of benzene rings is 2. The van der Waals surface area contributed by atoms with Crippen LogP contribution in [0.5, 0.6) is 0 Å². The number of rotatable bonds is 5. The second-order valence-electron chi connectivity index (χ2n) is 9.35. The van der Waals surface area contributed by atoms with Gasteiger partial charge in [0.25, 0.3) is 0 Å². The third-order valence-electron chi connectivity index (χ3n) is 7.61. The molecule has 0 spiro atoms. The van der Waals surface area contributed by atoms with Crippen LogP contribution in [0.4, 0.5) is 0 Å². The fraction of sp³-hybridized carbons (Fsp3) is 0.519. The highest BCUT2D eigenvalue weighted by Gasteiger charge is 2.46. The monoisotopic (exact) mass is 386 g/mol.